The summed E-state index contributed by atoms with van der Waals surface area (Å²) < 4.78 is 13.2. The SMILES string of the molecule is Cc1cccc(Nc2nc(Nc3ccc(F)cc3)nc(Nc3cccc(C)c3)n2)c1. The molecular formula is C23H21FN6. The van der Waals surface area contributed by atoms with Gasteiger partial charge in [-0.2, -0.15) is 15.0 Å². The molecule has 1 aromatic heterocycles. The van der Waals surface area contributed by atoms with Gasteiger partial charge in [-0.3, -0.25) is 0 Å². The smallest absolute Gasteiger partial charge is 0.233 e. The molecule has 150 valence electrons. The van der Waals surface area contributed by atoms with Crippen LogP contribution in [0, 0.1) is 19.7 Å². The number of halogens is 1. The molecule has 0 saturated carbocycles. The number of benzene rings is 3. The van der Waals surface area contributed by atoms with E-state index in [1.807, 2.05) is 62.4 Å². The van der Waals surface area contributed by atoms with Gasteiger partial charge in [0.2, 0.25) is 17.8 Å². The summed E-state index contributed by atoms with van der Waals surface area (Å²) in [5.74, 6) is 0.799. The molecule has 6 nitrogen and oxygen atoms in total. The molecule has 3 N–H and O–H groups in total. The van der Waals surface area contributed by atoms with E-state index in [9.17, 15) is 4.39 Å². The molecule has 7 heteroatoms. The van der Waals surface area contributed by atoms with E-state index in [2.05, 4.69) is 30.9 Å². The highest BCUT2D eigenvalue weighted by atomic mass is 19.1. The fraction of sp³-hybridized carbons (Fsp3) is 0.0870. The molecular weight excluding hydrogens is 379 g/mol. The summed E-state index contributed by atoms with van der Waals surface area (Å²) in [4.78, 5) is 13.4. The van der Waals surface area contributed by atoms with E-state index in [1.54, 1.807) is 12.1 Å². The van der Waals surface area contributed by atoms with Crippen molar-refractivity contribution in [2.75, 3.05) is 16.0 Å². The Labute approximate surface area is 174 Å². The van der Waals surface area contributed by atoms with Gasteiger partial charge in [-0.1, -0.05) is 24.3 Å². The molecule has 0 radical (unpaired) electrons. The molecule has 4 rings (SSSR count). The lowest BCUT2D eigenvalue weighted by atomic mass is 10.2. The zero-order chi connectivity index (χ0) is 20.9. The van der Waals surface area contributed by atoms with Gasteiger partial charge in [0.05, 0.1) is 0 Å². The van der Waals surface area contributed by atoms with Crippen LogP contribution in [0.5, 0.6) is 0 Å². The highest BCUT2D eigenvalue weighted by Gasteiger charge is 2.09. The van der Waals surface area contributed by atoms with Crippen LogP contribution < -0.4 is 16.0 Å². The maximum absolute atomic E-state index is 13.2. The first-order valence-corrected chi connectivity index (χ1v) is 9.49. The van der Waals surface area contributed by atoms with Gasteiger partial charge in [-0.15, -0.1) is 0 Å². The Kier molecular flexibility index (Phi) is 5.52. The molecule has 30 heavy (non-hydrogen) atoms. The lowest BCUT2D eigenvalue weighted by Gasteiger charge is -2.12. The summed E-state index contributed by atoms with van der Waals surface area (Å²) in [6.45, 7) is 4.04. The number of rotatable bonds is 6. The molecule has 0 aliphatic heterocycles. The predicted molar refractivity (Wildman–Crippen MR) is 118 cm³/mol. The van der Waals surface area contributed by atoms with Crippen molar-refractivity contribution in [3.63, 3.8) is 0 Å². The lowest BCUT2D eigenvalue weighted by Crippen LogP contribution is -2.07. The van der Waals surface area contributed by atoms with E-state index in [0.717, 1.165) is 22.5 Å². The molecule has 0 spiro atoms. The van der Waals surface area contributed by atoms with Gasteiger partial charge in [0.25, 0.3) is 0 Å². The van der Waals surface area contributed by atoms with Crippen LogP contribution in [-0.2, 0) is 0 Å². The molecule has 0 saturated heterocycles. The Morgan fingerprint density at radius 3 is 1.43 bits per heavy atom. The van der Waals surface area contributed by atoms with Crippen LogP contribution in [0.15, 0.2) is 72.8 Å². The van der Waals surface area contributed by atoms with Gasteiger partial charge in [0.1, 0.15) is 5.82 Å². The number of aromatic nitrogens is 3. The topological polar surface area (TPSA) is 74.8 Å². The number of anilines is 6. The lowest BCUT2D eigenvalue weighted by molar-refractivity contribution is 0.628. The van der Waals surface area contributed by atoms with Crippen LogP contribution in [0.4, 0.5) is 39.3 Å². The number of aryl methyl sites for hydroxylation is 2. The Morgan fingerprint density at radius 1 is 0.567 bits per heavy atom. The van der Waals surface area contributed by atoms with Crippen molar-refractivity contribution in [3.05, 3.63) is 89.7 Å². The molecule has 0 bridgehead atoms. The van der Waals surface area contributed by atoms with Crippen molar-refractivity contribution in [3.8, 4) is 0 Å². The third-order valence-electron chi connectivity index (χ3n) is 4.28. The van der Waals surface area contributed by atoms with Crippen molar-refractivity contribution in [2.45, 2.75) is 13.8 Å². The molecule has 1 heterocycles. The fourth-order valence-electron chi connectivity index (χ4n) is 2.91. The Morgan fingerprint density at radius 2 is 1.00 bits per heavy atom. The van der Waals surface area contributed by atoms with E-state index >= 15 is 0 Å². The van der Waals surface area contributed by atoms with Crippen molar-refractivity contribution in [1.82, 2.24) is 15.0 Å². The Bertz CT molecular complexity index is 1090. The highest BCUT2D eigenvalue weighted by Crippen LogP contribution is 2.22. The minimum absolute atomic E-state index is 0.306. The van der Waals surface area contributed by atoms with Crippen LogP contribution in [0.2, 0.25) is 0 Å². The van der Waals surface area contributed by atoms with Crippen molar-refractivity contribution in [1.29, 1.82) is 0 Å². The van der Waals surface area contributed by atoms with Crippen LogP contribution in [0.1, 0.15) is 11.1 Å². The van der Waals surface area contributed by atoms with Gasteiger partial charge in [-0.05, 0) is 73.5 Å². The molecule has 0 aliphatic rings. The fourth-order valence-corrected chi connectivity index (χ4v) is 2.91. The van der Waals surface area contributed by atoms with Crippen molar-refractivity contribution < 1.29 is 4.39 Å². The quantitative estimate of drug-likeness (QED) is 0.376. The second-order valence-corrected chi connectivity index (χ2v) is 6.93. The predicted octanol–water partition coefficient (Wildman–Crippen LogP) is 5.86. The normalized spacial score (nSPS) is 10.5. The van der Waals surface area contributed by atoms with Crippen LogP contribution in [-0.4, -0.2) is 15.0 Å². The standard InChI is InChI=1S/C23H21FN6/c1-15-5-3-7-19(13-15)26-22-28-21(25-18-11-9-17(24)10-12-18)29-23(30-22)27-20-8-4-6-16(2)14-20/h3-14H,1-2H3,(H3,25,26,27,28,29,30). The third-order valence-corrected chi connectivity index (χ3v) is 4.28. The van der Waals surface area contributed by atoms with Crippen molar-refractivity contribution >= 4 is 34.9 Å². The molecule has 4 aromatic rings. The molecule has 0 fully saturated rings. The number of nitrogens with zero attached hydrogens (tertiary/aromatic N) is 3. The van der Waals surface area contributed by atoms with E-state index in [4.69, 9.17) is 0 Å². The minimum atomic E-state index is -0.306. The first kappa shape index (κ1) is 19.3. The monoisotopic (exact) mass is 400 g/mol. The molecule has 3 aromatic carbocycles. The second kappa shape index (κ2) is 8.57. The van der Waals surface area contributed by atoms with E-state index in [1.165, 1.54) is 12.1 Å². The molecule has 0 amide bonds. The summed E-state index contributed by atoms with van der Waals surface area (Å²) in [5.41, 5.74) is 4.66. The zero-order valence-corrected chi connectivity index (χ0v) is 16.6. The van der Waals surface area contributed by atoms with Crippen LogP contribution in [0.25, 0.3) is 0 Å². The van der Waals surface area contributed by atoms with Gasteiger partial charge >= 0.3 is 0 Å². The summed E-state index contributed by atoms with van der Waals surface area (Å²) >= 11 is 0. The van der Waals surface area contributed by atoms with Gasteiger partial charge in [0.15, 0.2) is 0 Å². The third kappa shape index (κ3) is 5.08. The summed E-state index contributed by atoms with van der Waals surface area (Å²) in [6.07, 6.45) is 0. The van der Waals surface area contributed by atoms with Gasteiger partial charge in [-0.25, -0.2) is 4.39 Å². The van der Waals surface area contributed by atoms with Crippen LogP contribution in [0.3, 0.4) is 0 Å². The maximum Gasteiger partial charge on any atom is 0.233 e. The first-order chi connectivity index (χ1) is 14.5. The van der Waals surface area contributed by atoms with Crippen LogP contribution >= 0.6 is 0 Å². The average Bonchev–Trinajstić information content (AvgIpc) is 2.70. The Balaban J connectivity index is 1.66. The minimum Gasteiger partial charge on any atom is -0.324 e. The van der Waals surface area contributed by atoms with E-state index < -0.39 is 0 Å². The van der Waals surface area contributed by atoms with Gasteiger partial charge in [0, 0.05) is 17.1 Å². The Hall–Kier alpha value is -4.00. The summed E-state index contributed by atoms with van der Waals surface area (Å²) in [6, 6.07) is 21.9. The average molecular weight is 400 g/mol. The molecule has 0 unspecified atom stereocenters. The number of nitrogens with one attached hydrogen (secondary N) is 3. The number of hydrogen-bond donors (Lipinski definition) is 3. The summed E-state index contributed by atoms with van der Waals surface area (Å²) in [5, 5.41) is 9.53. The first-order valence-electron chi connectivity index (χ1n) is 9.49. The van der Waals surface area contributed by atoms with E-state index in [0.29, 0.717) is 23.5 Å². The van der Waals surface area contributed by atoms with Gasteiger partial charge < -0.3 is 16.0 Å². The summed E-state index contributed by atoms with van der Waals surface area (Å²) in [7, 11) is 0. The maximum atomic E-state index is 13.2. The zero-order valence-electron chi connectivity index (χ0n) is 16.6. The van der Waals surface area contributed by atoms with E-state index in [-0.39, 0.29) is 5.82 Å². The molecule has 0 aliphatic carbocycles. The second-order valence-electron chi connectivity index (χ2n) is 6.93. The number of hydrogen-bond acceptors (Lipinski definition) is 6. The molecule has 0 atom stereocenters. The van der Waals surface area contributed by atoms with Crippen molar-refractivity contribution in [2.24, 2.45) is 0 Å². The largest absolute Gasteiger partial charge is 0.324 e. The highest BCUT2D eigenvalue weighted by molar-refractivity contribution is 5.62.